The van der Waals surface area contributed by atoms with Crippen LogP contribution in [0.15, 0.2) is 72.9 Å². The third kappa shape index (κ3) is 76.0. The molecule has 5 atom stereocenters. The van der Waals surface area contributed by atoms with Gasteiger partial charge in [0.05, 0.1) is 26.4 Å². The SMILES string of the molecule is CC/C=C\C/C=C\C/C=C\C/C=C\C/C=C\C/C=C\CCCCCCCCCCCCCCCCC(=O)OCC(O)COP(=O)(O)OCC(O)COP(=O)(O)OCC(COC(=O)CCCCCCCCCCCCCCCCC)OC(=O)CCCCCCCCCCCCCCCCC. The summed E-state index contributed by atoms with van der Waals surface area (Å²) in [4.78, 5) is 58.6. The van der Waals surface area contributed by atoms with Crippen LogP contribution in [0.1, 0.15) is 367 Å². The standard InChI is InChI=1S/C81H148O16P2/c1-4-7-10-13-16-19-22-25-28-29-30-31-32-33-34-35-36-37-38-39-40-41-42-43-44-45-48-50-52-55-58-61-64-67-79(84)91-70-76(82)71-93-98(87,88)94-72-77(83)73-95-99(89,90)96-75-78(97-81(86)69-66-63-60-57-54-51-47-27-24-21-18-15-12-9-6-3)74-92-80(85)68-65-62-59-56-53-49-46-26-23-20-17-14-11-8-5-2/h7,10,16,19,25,28,30-31,33-34,36-37,76-78,82-83H,4-6,8-9,11-15,17-18,20-24,26-27,29,32,35,38-75H2,1-3H3,(H,87,88)(H,89,90)/b10-7-,19-16-,28-25-,31-30-,34-33-,37-36-. The molecule has 0 saturated carbocycles. The normalized spacial score (nSPS) is 14.4. The van der Waals surface area contributed by atoms with Crippen molar-refractivity contribution in [1.29, 1.82) is 0 Å². The summed E-state index contributed by atoms with van der Waals surface area (Å²) in [7, 11) is -9.77. The Morgan fingerprint density at radius 2 is 0.535 bits per heavy atom. The Hall–Kier alpha value is -3.01. The largest absolute Gasteiger partial charge is 0.472 e. The summed E-state index contributed by atoms with van der Waals surface area (Å²) >= 11 is 0. The molecule has 0 radical (unpaired) electrons. The van der Waals surface area contributed by atoms with E-state index in [1.165, 1.54) is 205 Å². The van der Waals surface area contributed by atoms with Crippen molar-refractivity contribution in [1.82, 2.24) is 0 Å². The van der Waals surface area contributed by atoms with Gasteiger partial charge in [0.15, 0.2) is 6.10 Å². The third-order valence-electron chi connectivity index (χ3n) is 17.4. The van der Waals surface area contributed by atoms with Gasteiger partial charge < -0.3 is 34.2 Å². The van der Waals surface area contributed by atoms with E-state index >= 15 is 0 Å². The van der Waals surface area contributed by atoms with Crippen LogP contribution in [0.5, 0.6) is 0 Å². The van der Waals surface area contributed by atoms with Crippen molar-refractivity contribution < 1.29 is 75.8 Å². The topological polar surface area (TPSA) is 231 Å². The number of phosphoric acid groups is 2. The van der Waals surface area contributed by atoms with Gasteiger partial charge in [0.25, 0.3) is 0 Å². The summed E-state index contributed by atoms with van der Waals surface area (Å²) in [5.74, 6) is -1.55. The molecule has 0 fully saturated rings. The first-order chi connectivity index (χ1) is 48.2. The Morgan fingerprint density at radius 1 is 0.293 bits per heavy atom. The number of aliphatic hydroxyl groups excluding tert-OH is 2. The van der Waals surface area contributed by atoms with Gasteiger partial charge in [0.1, 0.15) is 25.4 Å². The molecule has 0 rings (SSSR count). The van der Waals surface area contributed by atoms with Crippen LogP contribution in [-0.4, -0.2) is 95.9 Å². The highest BCUT2D eigenvalue weighted by Gasteiger charge is 2.29. The van der Waals surface area contributed by atoms with Gasteiger partial charge >= 0.3 is 33.6 Å². The third-order valence-corrected chi connectivity index (χ3v) is 19.3. The molecule has 5 unspecified atom stereocenters. The first-order valence-electron chi connectivity index (χ1n) is 40.2. The summed E-state index contributed by atoms with van der Waals surface area (Å²) in [5, 5.41) is 20.6. The number of aliphatic hydroxyl groups is 2. The fourth-order valence-electron chi connectivity index (χ4n) is 11.3. The highest BCUT2D eigenvalue weighted by molar-refractivity contribution is 7.47. The molecular formula is C81H148O16P2. The summed E-state index contributed by atoms with van der Waals surface area (Å²) in [5.41, 5.74) is 0. The summed E-state index contributed by atoms with van der Waals surface area (Å²) in [6, 6.07) is 0. The summed E-state index contributed by atoms with van der Waals surface area (Å²) in [6.07, 6.45) is 82.4. The van der Waals surface area contributed by atoms with Crippen LogP contribution in [0.25, 0.3) is 0 Å². The number of esters is 3. The zero-order valence-corrected chi connectivity index (χ0v) is 65.0. The van der Waals surface area contributed by atoms with Crippen LogP contribution in [0, 0.1) is 0 Å². The minimum Gasteiger partial charge on any atom is -0.463 e. The monoisotopic (exact) mass is 1440 g/mol. The lowest BCUT2D eigenvalue weighted by molar-refractivity contribution is -0.161. The number of carbonyl (C=O) groups excluding carboxylic acids is 3. The highest BCUT2D eigenvalue weighted by Crippen LogP contribution is 2.45. The van der Waals surface area contributed by atoms with Gasteiger partial charge in [0.2, 0.25) is 0 Å². The molecule has 16 nitrogen and oxygen atoms in total. The molecule has 0 bridgehead atoms. The molecule has 0 aliphatic rings. The molecule has 0 heterocycles. The molecule has 0 aliphatic heterocycles. The lowest BCUT2D eigenvalue weighted by Crippen LogP contribution is -2.30. The van der Waals surface area contributed by atoms with Crippen molar-refractivity contribution in [2.24, 2.45) is 0 Å². The van der Waals surface area contributed by atoms with Crippen molar-refractivity contribution in [2.45, 2.75) is 386 Å². The molecule has 0 aliphatic carbocycles. The van der Waals surface area contributed by atoms with Crippen LogP contribution >= 0.6 is 15.6 Å². The van der Waals surface area contributed by atoms with E-state index in [0.717, 1.165) is 103 Å². The van der Waals surface area contributed by atoms with Crippen LogP contribution in [-0.2, 0) is 55.8 Å². The molecule has 99 heavy (non-hydrogen) atoms. The minimum absolute atomic E-state index is 0.114. The second kappa shape index (κ2) is 74.7. The maximum absolute atomic E-state index is 12.9. The van der Waals surface area contributed by atoms with Crippen molar-refractivity contribution in [3.63, 3.8) is 0 Å². The van der Waals surface area contributed by atoms with Crippen molar-refractivity contribution in [3.05, 3.63) is 72.9 Å². The van der Waals surface area contributed by atoms with E-state index in [1.807, 2.05) is 0 Å². The van der Waals surface area contributed by atoms with E-state index in [4.69, 9.17) is 32.3 Å². The van der Waals surface area contributed by atoms with Gasteiger partial charge in [-0.25, -0.2) is 9.13 Å². The summed E-state index contributed by atoms with van der Waals surface area (Å²) in [6.45, 7) is 2.64. The zero-order valence-electron chi connectivity index (χ0n) is 63.2. The van der Waals surface area contributed by atoms with Crippen LogP contribution in [0.4, 0.5) is 0 Å². The molecular weight excluding hydrogens is 1290 g/mol. The molecule has 0 aromatic rings. The number of allylic oxidation sites excluding steroid dienone is 12. The highest BCUT2D eigenvalue weighted by atomic mass is 31.2. The quantitative estimate of drug-likeness (QED) is 0.0146. The van der Waals surface area contributed by atoms with Crippen molar-refractivity contribution >= 4 is 33.6 Å². The summed E-state index contributed by atoms with van der Waals surface area (Å²) < 4.78 is 61.1. The molecule has 4 N–H and O–H groups in total. The maximum Gasteiger partial charge on any atom is 0.472 e. The van der Waals surface area contributed by atoms with Gasteiger partial charge in [-0.05, 0) is 70.6 Å². The fourth-order valence-corrected chi connectivity index (χ4v) is 12.9. The van der Waals surface area contributed by atoms with Gasteiger partial charge in [-0.15, -0.1) is 0 Å². The second-order valence-corrected chi connectivity index (χ2v) is 30.1. The number of unbranched alkanes of at least 4 members (excludes halogenated alkanes) is 42. The smallest absolute Gasteiger partial charge is 0.463 e. The predicted octanol–water partition coefficient (Wildman–Crippen LogP) is 23.4. The van der Waals surface area contributed by atoms with Crippen LogP contribution in [0.3, 0.4) is 0 Å². The molecule has 0 amide bonds. The number of rotatable bonds is 77. The Bertz CT molecular complexity index is 2090. The van der Waals surface area contributed by atoms with Crippen LogP contribution in [0.2, 0.25) is 0 Å². The Balaban J connectivity index is 4.37. The van der Waals surface area contributed by atoms with Crippen molar-refractivity contribution in [2.75, 3.05) is 39.6 Å². The number of phosphoric ester groups is 2. The lowest BCUT2D eigenvalue weighted by Gasteiger charge is -2.21. The lowest BCUT2D eigenvalue weighted by atomic mass is 10.0. The van der Waals surface area contributed by atoms with E-state index in [1.54, 1.807) is 0 Å². The molecule has 0 saturated heterocycles. The first-order valence-corrected chi connectivity index (χ1v) is 43.2. The second-order valence-electron chi connectivity index (χ2n) is 27.2. The Labute approximate surface area is 604 Å². The van der Waals surface area contributed by atoms with E-state index in [0.29, 0.717) is 19.3 Å². The molecule has 0 spiro atoms. The molecule has 0 aromatic heterocycles. The van der Waals surface area contributed by atoms with E-state index in [9.17, 15) is 43.5 Å². The molecule has 18 heteroatoms. The minimum atomic E-state index is -4.92. The van der Waals surface area contributed by atoms with E-state index in [2.05, 4.69) is 93.7 Å². The fraction of sp³-hybridized carbons (Fsp3) is 0.815. The maximum atomic E-state index is 12.9. The predicted molar refractivity (Wildman–Crippen MR) is 408 cm³/mol. The Kier molecular flexibility index (Phi) is 72.4. The van der Waals surface area contributed by atoms with E-state index in [-0.39, 0.29) is 19.3 Å². The number of carbonyl (C=O) groups is 3. The Morgan fingerprint density at radius 3 is 0.848 bits per heavy atom. The van der Waals surface area contributed by atoms with Gasteiger partial charge in [-0.3, -0.25) is 32.5 Å². The van der Waals surface area contributed by atoms with E-state index < -0.39 is 91.5 Å². The molecule has 0 aromatic carbocycles. The molecule has 578 valence electrons. The van der Waals surface area contributed by atoms with Crippen LogP contribution < -0.4 is 0 Å². The number of hydrogen-bond acceptors (Lipinski definition) is 14. The van der Waals surface area contributed by atoms with Crippen molar-refractivity contribution in [3.8, 4) is 0 Å². The average molecular weight is 1440 g/mol. The van der Waals surface area contributed by atoms with Gasteiger partial charge in [0, 0.05) is 19.3 Å². The zero-order chi connectivity index (χ0) is 72.3. The average Bonchev–Trinajstić information content (AvgIpc) is 1.43. The first kappa shape index (κ1) is 96.0. The van der Waals surface area contributed by atoms with Gasteiger partial charge in [-0.2, -0.15) is 0 Å². The number of ether oxygens (including phenoxy) is 3. The van der Waals surface area contributed by atoms with Gasteiger partial charge in [-0.1, -0.05) is 351 Å². The number of hydrogen-bond donors (Lipinski definition) is 4.